The van der Waals surface area contributed by atoms with Crippen molar-refractivity contribution in [3.63, 3.8) is 0 Å². The Kier molecular flexibility index (Phi) is 4.34. The fourth-order valence-electron chi connectivity index (χ4n) is 2.73. The third-order valence-corrected chi connectivity index (χ3v) is 4.30. The second kappa shape index (κ2) is 6.14. The normalized spacial score (nSPS) is 12.2. The van der Waals surface area contributed by atoms with Gasteiger partial charge in [-0.05, 0) is 0 Å². The molecule has 23 heavy (non-hydrogen) atoms. The Hall–Kier alpha value is -1.58. The van der Waals surface area contributed by atoms with Crippen LogP contribution < -0.4 is 9.80 Å². The molecule has 0 bridgehead atoms. The first-order valence-electron chi connectivity index (χ1n) is 7.85. The number of aromatic nitrogens is 3. The second-order valence-electron chi connectivity index (χ2n) is 6.41. The van der Waals surface area contributed by atoms with Crippen LogP contribution in [0.25, 0.3) is 21.9 Å². The van der Waals surface area contributed by atoms with Crippen LogP contribution in [0.2, 0.25) is 0 Å². The first-order chi connectivity index (χ1) is 10.9. The summed E-state index contributed by atoms with van der Waals surface area (Å²) in [5.41, 5.74) is 2.00. The van der Waals surface area contributed by atoms with Crippen LogP contribution in [0.4, 0.5) is 5.95 Å². The zero-order valence-electron chi connectivity index (χ0n) is 13.7. The van der Waals surface area contributed by atoms with Gasteiger partial charge in [0, 0.05) is 0 Å². The van der Waals surface area contributed by atoms with Gasteiger partial charge in [-0.3, -0.25) is 0 Å². The maximum atomic E-state index is 10.3. The number of nitrogens with one attached hydrogen (secondary N) is 1. The molecule has 0 aliphatic heterocycles. The molecule has 2 heterocycles. The first-order valence-corrected chi connectivity index (χ1v) is 8.78. The Morgan fingerprint density at radius 3 is 2.70 bits per heavy atom. The van der Waals surface area contributed by atoms with Crippen molar-refractivity contribution >= 4 is 49.2 Å². The second-order valence-corrected chi connectivity index (χ2v) is 7.30. The van der Waals surface area contributed by atoms with Crippen molar-refractivity contribution < 1.29 is 5.11 Å². The zero-order valence-corrected chi connectivity index (χ0v) is 15.5. The molecule has 0 saturated carbocycles. The van der Waals surface area contributed by atoms with Gasteiger partial charge < -0.3 is 0 Å². The predicted octanol–water partition coefficient (Wildman–Crippen LogP) is 1.97. The number of pyridine rings is 1. The summed E-state index contributed by atoms with van der Waals surface area (Å²) in [5, 5.41) is 14.8. The third-order valence-electron chi connectivity index (χ3n) is 3.64. The average Bonchev–Trinajstić information content (AvgIpc) is 2.83. The topological polar surface area (TPSA) is 63.0 Å². The van der Waals surface area contributed by atoms with Crippen molar-refractivity contribution in [2.24, 2.45) is 0 Å². The van der Waals surface area contributed by atoms with E-state index in [1.54, 1.807) is 0 Å². The summed E-state index contributed by atoms with van der Waals surface area (Å²) >= 11 is 2.50. The molecule has 3 aromatic rings. The fraction of sp³-hybridized carbons (Fsp3) is 0.412. The van der Waals surface area contributed by atoms with Gasteiger partial charge in [-0.15, -0.1) is 0 Å². The van der Waals surface area contributed by atoms with Crippen LogP contribution in [-0.2, 0) is 6.54 Å². The average molecular weight is 372 g/mol. The molecule has 0 atom stereocenters. The minimum absolute atomic E-state index is 0.468. The summed E-state index contributed by atoms with van der Waals surface area (Å²) < 4.78 is 2.92. The van der Waals surface area contributed by atoms with Crippen LogP contribution >= 0.6 is 0 Å². The van der Waals surface area contributed by atoms with Gasteiger partial charge in [0.2, 0.25) is 0 Å². The predicted molar refractivity (Wildman–Crippen MR) is 95.5 cm³/mol. The number of anilines is 1. The van der Waals surface area contributed by atoms with Crippen LogP contribution in [0.1, 0.15) is 27.2 Å². The molecule has 0 amide bonds. The molecule has 6 heteroatoms. The number of benzene rings is 1. The number of rotatable bonds is 5. The molecular weight excluding hydrogens is 351 g/mol. The van der Waals surface area contributed by atoms with Gasteiger partial charge in [0.05, 0.1) is 0 Å². The van der Waals surface area contributed by atoms with Crippen molar-refractivity contribution in [3.8, 4) is 0 Å². The SMILES string of the molecule is CCCNc1nc2c([As])nc3ccccc3c2n1CC(C)(C)O. The molecule has 1 aromatic carbocycles. The number of hydrogen-bond donors (Lipinski definition) is 2. The molecule has 2 N–H and O–H groups in total. The molecule has 2 radical (unpaired) electrons. The summed E-state index contributed by atoms with van der Waals surface area (Å²) in [4.78, 5) is 9.39. The van der Waals surface area contributed by atoms with Crippen LogP contribution in [0, 0.1) is 0 Å². The zero-order chi connectivity index (χ0) is 16.6. The number of fused-ring (bicyclic) bond motifs is 3. The Balaban J connectivity index is 2.32. The number of aliphatic hydroxyl groups is 1. The van der Waals surface area contributed by atoms with E-state index in [1.165, 1.54) is 0 Å². The number of nitrogens with zero attached hydrogens (tertiary/aromatic N) is 3. The molecule has 0 aliphatic carbocycles. The quantitative estimate of drug-likeness (QED) is 0.673. The molecule has 3 rings (SSSR count). The molecule has 0 saturated heterocycles. The van der Waals surface area contributed by atoms with Crippen LogP contribution in [-0.4, -0.2) is 48.6 Å². The van der Waals surface area contributed by atoms with Crippen LogP contribution in [0.15, 0.2) is 24.3 Å². The van der Waals surface area contributed by atoms with E-state index in [0.29, 0.717) is 6.54 Å². The molecule has 0 spiro atoms. The number of imidazole rings is 1. The fourth-order valence-corrected chi connectivity index (χ4v) is 3.29. The van der Waals surface area contributed by atoms with E-state index < -0.39 is 5.60 Å². The number of para-hydroxylation sites is 1. The summed E-state index contributed by atoms with van der Waals surface area (Å²) in [6.45, 7) is 7.06. The van der Waals surface area contributed by atoms with E-state index in [2.05, 4.69) is 44.7 Å². The van der Waals surface area contributed by atoms with Crippen molar-refractivity contribution in [2.75, 3.05) is 11.9 Å². The molecule has 2 aromatic heterocycles. The summed E-state index contributed by atoms with van der Waals surface area (Å²) in [5.74, 6) is 0.787. The van der Waals surface area contributed by atoms with Crippen LogP contribution in [0.3, 0.4) is 0 Å². The Morgan fingerprint density at radius 2 is 2.00 bits per heavy atom. The minimum atomic E-state index is -0.830. The monoisotopic (exact) mass is 372 g/mol. The molecule has 0 fully saturated rings. The van der Waals surface area contributed by atoms with Gasteiger partial charge in [-0.1, -0.05) is 0 Å². The van der Waals surface area contributed by atoms with E-state index in [1.807, 2.05) is 32.0 Å². The summed E-state index contributed by atoms with van der Waals surface area (Å²) in [6.07, 6.45) is 1.01. The Bertz CT molecular complexity index is 851. The van der Waals surface area contributed by atoms with E-state index in [9.17, 15) is 5.11 Å². The number of hydrogen-bond acceptors (Lipinski definition) is 4. The van der Waals surface area contributed by atoms with Crippen molar-refractivity contribution in [1.82, 2.24) is 14.5 Å². The third kappa shape index (κ3) is 3.21. The standard InChI is InChI=1S/C17H21AsN4O/c1-4-9-19-16-21-13-14(22(16)10-17(2,3)23)11-7-5-6-8-12(11)20-15(13)18/h5-8,23H,4,9-10H2,1-3H3,(H,19,21). The van der Waals surface area contributed by atoms with Gasteiger partial charge in [0.15, 0.2) is 0 Å². The van der Waals surface area contributed by atoms with E-state index in [4.69, 9.17) is 4.98 Å². The van der Waals surface area contributed by atoms with Gasteiger partial charge in [-0.2, -0.15) is 0 Å². The Labute approximate surface area is 144 Å². The molecule has 0 aliphatic rings. The molecule has 120 valence electrons. The van der Waals surface area contributed by atoms with Crippen molar-refractivity contribution in [2.45, 2.75) is 39.3 Å². The molecular formula is C17H21AsN4O. The van der Waals surface area contributed by atoms with E-state index in [-0.39, 0.29) is 0 Å². The van der Waals surface area contributed by atoms with E-state index in [0.717, 1.165) is 45.3 Å². The first kappa shape index (κ1) is 16.3. The Morgan fingerprint density at radius 1 is 1.26 bits per heavy atom. The van der Waals surface area contributed by atoms with Crippen molar-refractivity contribution in [3.05, 3.63) is 24.3 Å². The maximum absolute atomic E-state index is 10.3. The van der Waals surface area contributed by atoms with Gasteiger partial charge >= 0.3 is 144 Å². The van der Waals surface area contributed by atoms with Crippen molar-refractivity contribution in [1.29, 1.82) is 0 Å². The summed E-state index contributed by atoms with van der Waals surface area (Å²) in [6, 6.07) is 8.06. The van der Waals surface area contributed by atoms with Gasteiger partial charge in [-0.25, -0.2) is 0 Å². The van der Waals surface area contributed by atoms with Gasteiger partial charge in [0.1, 0.15) is 0 Å². The van der Waals surface area contributed by atoms with Crippen LogP contribution in [0.5, 0.6) is 0 Å². The summed E-state index contributed by atoms with van der Waals surface area (Å²) in [7, 11) is 0. The van der Waals surface area contributed by atoms with E-state index >= 15 is 0 Å². The molecule has 5 nitrogen and oxygen atoms in total. The van der Waals surface area contributed by atoms with Gasteiger partial charge in [0.25, 0.3) is 0 Å². The molecule has 0 unspecified atom stereocenters.